The molecule has 3 N–H and O–H groups in total. The molecule has 0 aromatic heterocycles. The number of nitrogens with one attached hydrogen (secondary N) is 1. The first-order valence-corrected chi connectivity index (χ1v) is 7.60. The fourth-order valence-electron chi connectivity index (χ4n) is 2.32. The maximum atomic E-state index is 11.4. The number of unbranched alkanes of at least 4 members (excludes halogenated alkanes) is 1. The molecule has 0 bridgehead atoms. The molecule has 0 saturated carbocycles. The van der Waals surface area contributed by atoms with Crippen molar-refractivity contribution in [3.63, 3.8) is 0 Å². The largest absolute Gasteiger partial charge is 0.394 e. The average molecular weight is 317 g/mol. The van der Waals surface area contributed by atoms with Crippen LogP contribution in [0.5, 0.6) is 0 Å². The van der Waals surface area contributed by atoms with E-state index in [4.69, 9.17) is 14.2 Å². The van der Waals surface area contributed by atoms with Gasteiger partial charge in [0.2, 0.25) is 5.91 Å². The molecule has 1 saturated heterocycles. The lowest BCUT2D eigenvalue weighted by atomic mass is 9.96. The third-order valence-corrected chi connectivity index (χ3v) is 3.41. The normalized spacial score (nSPS) is 31.7. The lowest BCUT2D eigenvalue weighted by molar-refractivity contribution is -0.275. The summed E-state index contributed by atoms with van der Waals surface area (Å²) in [7, 11) is 0. The second-order valence-corrected chi connectivity index (χ2v) is 5.25. The van der Waals surface area contributed by atoms with Gasteiger partial charge in [0.1, 0.15) is 24.4 Å². The number of aliphatic hydroxyl groups excluding tert-OH is 2. The molecule has 0 aliphatic carbocycles. The van der Waals surface area contributed by atoms with Gasteiger partial charge in [-0.25, -0.2) is 0 Å². The Kier molecular flexibility index (Phi) is 8.59. The summed E-state index contributed by atoms with van der Waals surface area (Å²) >= 11 is 0. The van der Waals surface area contributed by atoms with Gasteiger partial charge in [0.15, 0.2) is 6.29 Å². The van der Waals surface area contributed by atoms with E-state index in [2.05, 4.69) is 11.9 Å². The lowest BCUT2D eigenvalue weighted by Gasteiger charge is -2.44. The number of amides is 1. The van der Waals surface area contributed by atoms with Gasteiger partial charge < -0.3 is 29.7 Å². The Bertz CT molecular complexity index is 351. The van der Waals surface area contributed by atoms with Gasteiger partial charge >= 0.3 is 0 Å². The minimum Gasteiger partial charge on any atom is -0.394 e. The van der Waals surface area contributed by atoms with Crippen molar-refractivity contribution in [2.75, 3.05) is 19.8 Å². The average Bonchev–Trinajstić information content (AvgIpc) is 2.48. The fraction of sp³-hybridized carbons (Fsp3) is 0.800. The van der Waals surface area contributed by atoms with Crippen molar-refractivity contribution < 1.29 is 29.2 Å². The van der Waals surface area contributed by atoms with Crippen molar-refractivity contribution in [2.24, 2.45) is 0 Å². The monoisotopic (exact) mass is 317 g/mol. The number of hydrogen-bond donors (Lipinski definition) is 3. The lowest BCUT2D eigenvalue weighted by Crippen LogP contribution is -2.65. The Balaban J connectivity index is 2.88. The van der Waals surface area contributed by atoms with Crippen molar-refractivity contribution in [3.05, 3.63) is 12.7 Å². The van der Waals surface area contributed by atoms with E-state index in [0.29, 0.717) is 6.61 Å². The Labute approximate surface area is 131 Å². The van der Waals surface area contributed by atoms with Crippen molar-refractivity contribution in [1.82, 2.24) is 5.32 Å². The maximum absolute atomic E-state index is 11.4. The first-order valence-electron chi connectivity index (χ1n) is 7.60. The van der Waals surface area contributed by atoms with Gasteiger partial charge in [-0.1, -0.05) is 19.4 Å². The molecule has 22 heavy (non-hydrogen) atoms. The van der Waals surface area contributed by atoms with Gasteiger partial charge in [-0.05, 0) is 6.42 Å². The summed E-state index contributed by atoms with van der Waals surface area (Å²) in [5, 5.41) is 22.3. The topological polar surface area (TPSA) is 97.3 Å². The third-order valence-electron chi connectivity index (χ3n) is 3.41. The Morgan fingerprint density at radius 2 is 2.18 bits per heavy atom. The van der Waals surface area contributed by atoms with E-state index in [1.165, 1.54) is 6.92 Å². The molecule has 1 fully saturated rings. The molecule has 0 spiro atoms. The highest BCUT2D eigenvalue weighted by molar-refractivity contribution is 5.73. The van der Waals surface area contributed by atoms with Crippen LogP contribution in [0.4, 0.5) is 0 Å². The molecule has 2 unspecified atom stereocenters. The quantitative estimate of drug-likeness (QED) is 0.408. The van der Waals surface area contributed by atoms with Crippen molar-refractivity contribution in [3.8, 4) is 0 Å². The van der Waals surface area contributed by atoms with E-state index >= 15 is 0 Å². The standard InChI is InChI=1S/C15H27NO6/c1-4-6-8-21-15-12(16-10(3)18)14(20-7-5-2)13(19)11(9-17)22-15/h5,11-15,17,19H,2,4,6-9H2,1,3H3,(H,16,18)/t11?,12?,13-,14-,15+/m1/s1. The zero-order valence-electron chi connectivity index (χ0n) is 13.2. The molecule has 1 aliphatic rings. The Hall–Kier alpha value is -0.990. The number of aliphatic hydroxyl groups is 2. The maximum Gasteiger partial charge on any atom is 0.217 e. The van der Waals surface area contributed by atoms with Crippen molar-refractivity contribution >= 4 is 5.91 Å². The van der Waals surface area contributed by atoms with E-state index < -0.39 is 30.6 Å². The number of carbonyl (C=O) groups is 1. The number of ether oxygens (including phenoxy) is 3. The Morgan fingerprint density at radius 1 is 1.45 bits per heavy atom. The summed E-state index contributed by atoms with van der Waals surface area (Å²) in [5.74, 6) is -0.278. The van der Waals surface area contributed by atoms with E-state index in [0.717, 1.165) is 12.8 Å². The molecule has 1 heterocycles. The fourth-order valence-corrected chi connectivity index (χ4v) is 2.32. The highest BCUT2D eigenvalue weighted by Crippen LogP contribution is 2.24. The van der Waals surface area contributed by atoms with Crippen LogP contribution in [0.25, 0.3) is 0 Å². The van der Waals surface area contributed by atoms with Gasteiger partial charge in [-0.3, -0.25) is 4.79 Å². The molecule has 0 radical (unpaired) electrons. The molecule has 0 aromatic carbocycles. The van der Waals surface area contributed by atoms with Crippen LogP contribution in [0.1, 0.15) is 26.7 Å². The van der Waals surface area contributed by atoms with Gasteiger partial charge in [-0.15, -0.1) is 6.58 Å². The molecular formula is C15H27NO6. The molecule has 128 valence electrons. The zero-order valence-corrected chi connectivity index (χ0v) is 13.2. The summed E-state index contributed by atoms with van der Waals surface area (Å²) in [4.78, 5) is 11.4. The first kappa shape index (κ1) is 19.1. The molecule has 7 heteroatoms. The summed E-state index contributed by atoms with van der Waals surface area (Å²) in [5.41, 5.74) is 0. The number of hydrogen-bond acceptors (Lipinski definition) is 6. The third kappa shape index (κ3) is 5.33. The predicted octanol–water partition coefficient (Wildman–Crippen LogP) is -0.0429. The summed E-state index contributed by atoms with van der Waals surface area (Å²) < 4.78 is 16.8. The molecule has 5 atom stereocenters. The van der Waals surface area contributed by atoms with E-state index in [-0.39, 0.29) is 19.1 Å². The van der Waals surface area contributed by atoms with Crippen molar-refractivity contribution in [1.29, 1.82) is 0 Å². The predicted molar refractivity (Wildman–Crippen MR) is 80.2 cm³/mol. The van der Waals surface area contributed by atoms with E-state index in [1.54, 1.807) is 6.08 Å². The van der Waals surface area contributed by atoms with E-state index in [9.17, 15) is 15.0 Å². The summed E-state index contributed by atoms with van der Waals surface area (Å²) in [6.07, 6.45) is -0.0880. The van der Waals surface area contributed by atoms with Crippen LogP contribution >= 0.6 is 0 Å². The van der Waals surface area contributed by atoms with Gasteiger partial charge in [0.05, 0.1) is 13.2 Å². The van der Waals surface area contributed by atoms with Crippen LogP contribution in [0, 0.1) is 0 Å². The minimum absolute atomic E-state index is 0.206. The minimum atomic E-state index is -1.08. The van der Waals surface area contributed by atoms with Crippen molar-refractivity contribution in [2.45, 2.75) is 57.3 Å². The number of rotatable bonds is 9. The first-order chi connectivity index (χ1) is 10.5. The zero-order chi connectivity index (χ0) is 16.5. The molecule has 0 aromatic rings. The van der Waals surface area contributed by atoms with Crippen LogP contribution in [0.15, 0.2) is 12.7 Å². The van der Waals surface area contributed by atoms with Crippen LogP contribution in [0.2, 0.25) is 0 Å². The highest BCUT2D eigenvalue weighted by Gasteiger charge is 2.46. The molecule has 7 nitrogen and oxygen atoms in total. The van der Waals surface area contributed by atoms with Crippen LogP contribution < -0.4 is 5.32 Å². The molecule has 1 rings (SSSR count). The second-order valence-electron chi connectivity index (χ2n) is 5.25. The smallest absolute Gasteiger partial charge is 0.217 e. The van der Waals surface area contributed by atoms with E-state index in [1.807, 2.05) is 6.92 Å². The second kappa shape index (κ2) is 9.91. The Morgan fingerprint density at radius 3 is 2.73 bits per heavy atom. The summed E-state index contributed by atoms with van der Waals surface area (Å²) in [6, 6.07) is -0.660. The summed E-state index contributed by atoms with van der Waals surface area (Å²) in [6.45, 7) is 7.28. The SMILES string of the molecule is C=CCO[C@@H]1C(NC(C)=O)[C@@H](OCCCC)OC(CO)[C@H]1O. The van der Waals surface area contributed by atoms with Gasteiger partial charge in [0, 0.05) is 13.5 Å². The molecule has 1 aliphatic heterocycles. The number of carbonyl (C=O) groups excluding carboxylic acids is 1. The van der Waals surface area contributed by atoms with Gasteiger partial charge in [-0.2, -0.15) is 0 Å². The molecule has 1 amide bonds. The van der Waals surface area contributed by atoms with Crippen LogP contribution in [-0.4, -0.2) is 66.6 Å². The van der Waals surface area contributed by atoms with Crippen LogP contribution in [0.3, 0.4) is 0 Å². The molecular weight excluding hydrogens is 290 g/mol. The van der Waals surface area contributed by atoms with Gasteiger partial charge in [0.25, 0.3) is 0 Å². The van der Waals surface area contributed by atoms with Crippen LogP contribution in [-0.2, 0) is 19.0 Å². The highest BCUT2D eigenvalue weighted by atomic mass is 16.7.